The molecule has 0 saturated heterocycles. The van der Waals surface area contributed by atoms with E-state index in [1.165, 1.54) is 18.7 Å². The number of benzene rings is 1. The molecule has 1 amide bonds. The van der Waals surface area contributed by atoms with E-state index in [0.717, 1.165) is 12.1 Å². The van der Waals surface area contributed by atoms with E-state index in [1.807, 2.05) is 13.8 Å². The number of hydrogen-bond acceptors (Lipinski definition) is 3. The third kappa shape index (κ3) is 3.62. The number of carbonyl (C=O) groups is 1. The van der Waals surface area contributed by atoms with Gasteiger partial charge in [0.25, 0.3) is 5.91 Å². The number of halogens is 2. The summed E-state index contributed by atoms with van der Waals surface area (Å²) in [6, 6.07) is 3.01. The molecule has 7 heteroatoms. The first kappa shape index (κ1) is 15.1. The van der Waals surface area contributed by atoms with Crippen molar-refractivity contribution in [3.05, 3.63) is 48.1 Å². The maximum Gasteiger partial charge on any atom is 0.257 e. The van der Waals surface area contributed by atoms with Gasteiger partial charge in [-0.2, -0.15) is 5.10 Å². The van der Waals surface area contributed by atoms with Crippen LogP contribution in [-0.4, -0.2) is 26.7 Å². The molecule has 0 saturated carbocycles. The number of aromatic nitrogens is 3. The lowest BCUT2D eigenvalue weighted by atomic mass is 10.0. The van der Waals surface area contributed by atoms with Crippen LogP contribution >= 0.6 is 0 Å². The Hall–Kier alpha value is -2.31. The summed E-state index contributed by atoms with van der Waals surface area (Å²) in [5, 5.41) is 6.60. The van der Waals surface area contributed by atoms with E-state index in [4.69, 9.17) is 0 Å². The van der Waals surface area contributed by atoms with E-state index >= 15 is 0 Å². The van der Waals surface area contributed by atoms with Crippen LogP contribution in [0.2, 0.25) is 0 Å². The van der Waals surface area contributed by atoms with Crippen LogP contribution in [0.25, 0.3) is 0 Å². The Labute approximate surface area is 121 Å². The zero-order valence-electron chi connectivity index (χ0n) is 11.8. The van der Waals surface area contributed by atoms with Crippen molar-refractivity contribution in [3.63, 3.8) is 0 Å². The minimum atomic E-state index is -0.879. The minimum absolute atomic E-state index is 0.0629. The zero-order chi connectivity index (χ0) is 15.4. The van der Waals surface area contributed by atoms with E-state index in [-0.39, 0.29) is 12.0 Å². The number of hydrogen-bond donors (Lipinski definition) is 1. The average molecular weight is 294 g/mol. The number of amides is 1. The fourth-order valence-corrected chi connectivity index (χ4v) is 1.91. The van der Waals surface area contributed by atoms with Crippen LogP contribution in [0.15, 0.2) is 30.9 Å². The van der Waals surface area contributed by atoms with Gasteiger partial charge in [-0.1, -0.05) is 19.9 Å². The van der Waals surface area contributed by atoms with Gasteiger partial charge in [0.05, 0.1) is 12.6 Å². The molecule has 2 rings (SSSR count). The molecule has 0 unspecified atom stereocenters. The first-order chi connectivity index (χ1) is 9.99. The molecule has 21 heavy (non-hydrogen) atoms. The molecular weight excluding hydrogens is 278 g/mol. The van der Waals surface area contributed by atoms with Crippen molar-refractivity contribution in [1.82, 2.24) is 20.1 Å². The molecule has 2 aromatic rings. The molecule has 1 heterocycles. The van der Waals surface area contributed by atoms with Crippen LogP contribution in [0.4, 0.5) is 8.78 Å². The lowest BCUT2D eigenvalue weighted by Gasteiger charge is -2.22. The number of rotatable bonds is 5. The molecule has 0 radical (unpaired) electrons. The average Bonchev–Trinajstić information content (AvgIpc) is 2.90. The molecule has 0 bridgehead atoms. The summed E-state index contributed by atoms with van der Waals surface area (Å²) in [5.74, 6) is -2.47. The van der Waals surface area contributed by atoms with E-state index in [0.29, 0.717) is 6.54 Å². The Bertz CT molecular complexity index is 593. The first-order valence-corrected chi connectivity index (χ1v) is 6.56. The zero-order valence-corrected chi connectivity index (χ0v) is 11.8. The standard InChI is InChI=1S/C14H16F2N4O/c1-9(2)12(6-20-8-17-7-18-20)19-14(21)13-10(15)4-3-5-11(13)16/h3-5,7-9,12H,6H2,1-2H3,(H,19,21)/t12-/m0/s1. The lowest BCUT2D eigenvalue weighted by Crippen LogP contribution is -2.42. The predicted octanol–water partition coefficient (Wildman–Crippen LogP) is 2.01. The van der Waals surface area contributed by atoms with Gasteiger partial charge >= 0.3 is 0 Å². The first-order valence-electron chi connectivity index (χ1n) is 6.56. The van der Waals surface area contributed by atoms with Gasteiger partial charge in [-0.3, -0.25) is 9.48 Å². The van der Waals surface area contributed by atoms with Crippen LogP contribution in [0, 0.1) is 17.6 Å². The van der Waals surface area contributed by atoms with Crippen LogP contribution in [0.1, 0.15) is 24.2 Å². The molecule has 0 fully saturated rings. The van der Waals surface area contributed by atoms with Crippen molar-refractivity contribution in [2.45, 2.75) is 26.4 Å². The highest BCUT2D eigenvalue weighted by atomic mass is 19.1. The minimum Gasteiger partial charge on any atom is -0.347 e. The molecule has 1 N–H and O–H groups in total. The van der Waals surface area contributed by atoms with E-state index in [9.17, 15) is 13.6 Å². The summed E-state index contributed by atoms with van der Waals surface area (Å²) < 4.78 is 28.8. The van der Waals surface area contributed by atoms with Crippen molar-refractivity contribution in [2.75, 3.05) is 0 Å². The molecule has 1 atom stereocenters. The van der Waals surface area contributed by atoms with Crippen molar-refractivity contribution >= 4 is 5.91 Å². The molecule has 0 aliphatic heterocycles. The number of nitrogens with one attached hydrogen (secondary N) is 1. The van der Waals surface area contributed by atoms with Crippen LogP contribution in [-0.2, 0) is 6.54 Å². The summed E-state index contributed by atoms with van der Waals surface area (Å²) in [6.07, 6.45) is 2.90. The Morgan fingerprint density at radius 2 is 2.00 bits per heavy atom. The van der Waals surface area contributed by atoms with Crippen molar-refractivity contribution in [3.8, 4) is 0 Å². The Morgan fingerprint density at radius 3 is 2.52 bits per heavy atom. The molecular formula is C14H16F2N4O. The van der Waals surface area contributed by atoms with Gasteiger partial charge in [-0.25, -0.2) is 13.8 Å². The molecule has 1 aromatic heterocycles. The van der Waals surface area contributed by atoms with E-state index < -0.39 is 23.1 Å². The van der Waals surface area contributed by atoms with Gasteiger partial charge in [-0.15, -0.1) is 0 Å². The third-order valence-corrected chi connectivity index (χ3v) is 3.16. The van der Waals surface area contributed by atoms with Crippen molar-refractivity contribution < 1.29 is 13.6 Å². The second-order valence-corrected chi connectivity index (χ2v) is 5.04. The van der Waals surface area contributed by atoms with Gasteiger partial charge in [0, 0.05) is 0 Å². The topological polar surface area (TPSA) is 59.8 Å². The van der Waals surface area contributed by atoms with Gasteiger partial charge in [0.1, 0.15) is 29.9 Å². The highest BCUT2D eigenvalue weighted by molar-refractivity contribution is 5.94. The van der Waals surface area contributed by atoms with E-state index in [2.05, 4.69) is 15.4 Å². The Morgan fingerprint density at radius 1 is 1.33 bits per heavy atom. The fraction of sp³-hybridized carbons (Fsp3) is 0.357. The van der Waals surface area contributed by atoms with E-state index in [1.54, 1.807) is 4.68 Å². The predicted molar refractivity (Wildman–Crippen MR) is 72.5 cm³/mol. The summed E-state index contributed by atoms with van der Waals surface area (Å²) in [7, 11) is 0. The van der Waals surface area contributed by atoms with Gasteiger partial charge in [0.2, 0.25) is 0 Å². The summed E-state index contributed by atoms with van der Waals surface area (Å²) in [4.78, 5) is 15.9. The maximum absolute atomic E-state index is 13.6. The summed E-state index contributed by atoms with van der Waals surface area (Å²) in [6.45, 7) is 4.18. The van der Waals surface area contributed by atoms with Gasteiger partial charge in [-0.05, 0) is 18.1 Å². The summed E-state index contributed by atoms with van der Waals surface area (Å²) >= 11 is 0. The molecule has 0 spiro atoms. The van der Waals surface area contributed by atoms with Crippen molar-refractivity contribution in [1.29, 1.82) is 0 Å². The molecule has 0 aliphatic rings. The van der Waals surface area contributed by atoms with Gasteiger partial charge < -0.3 is 5.32 Å². The van der Waals surface area contributed by atoms with Crippen LogP contribution in [0.5, 0.6) is 0 Å². The summed E-state index contributed by atoms with van der Waals surface area (Å²) in [5.41, 5.74) is -0.568. The molecule has 112 valence electrons. The normalized spacial score (nSPS) is 12.4. The SMILES string of the molecule is CC(C)[C@H](Cn1cncn1)NC(=O)c1c(F)cccc1F. The van der Waals surface area contributed by atoms with Gasteiger partial charge in [0.15, 0.2) is 0 Å². The number of nitrogens with zero attached hydrogens (tertiary/aromatic N) is 3. The quantitative estimate of drug-likeness (QED) is 0.917. The largest absolute Gasteiger partial charge is 0.347 e. The Kier molecular flexibility index (Phi) is 4.62. The highest BCUT2D eigenvalue weighted by Crippen LogP contribution is 2.13. The third-order valence-electron chi connectivity index (χ3n) is 3.16. The smallest absolute Gasteiger partial charge is 0.257 e. The maximum atomic E-state index is 13.6. The molecule has 1 aromatic carbocycles. The molecule has 0 aliphatic carbocycles. The van der Waals surface area contributed by atoms with Crippen LogP contribution in [0.3, 0.4) is 0 Å². The highest BCUT2D eigenvalue weighted by Gasteiger charge is 2.22. The van der Waals surface area contributed by atoms with Crippen molar-refractivity contribution in [2.24, 2.45) is 5.92 Å². The fourth-order valence-electron chi connectivity index (χ4n) is 1.91. The van der Waals surface area contributed by atoms with Crippen LogP contribution < -0.4 is 5.32 Å². The second kappa shape index (κ2) is 6.43. The molecule has 5 nitrogen and oxygen atoms in total. The second-order valence-electron chi connectivity index (χ2n) is 5.04. The number of carbonyl (C=O) groups excluding carboxylic acids is 1. The lowest BCUT2D eigenvalue weighted by molar-refractivity contribution is 0.0910. The Balaban J connectivity index is 2.15. The monoisotopic (exact) mass is 294 g/mol.